The molecule has 0 aliphatic heterocycles. The van der Waals surface area contributed by atoms with Gasteiger partial charge in [-0.15, -0.1) is 0 Å². The predicted octanol–water partition coefficient (Wildman–Crippen LogP) is 4.89. The van der Waals surface area contributed by atoms with Crippen LogP contribution in [0.1, 0.15) is 66.7 Å². The van der Waals surface area contributed by atoms with Crippen LogP contribution in [0.5, 0.6) is 0 Å². The summed E-state index contributed by atoms with van der Waals surface area (Å²) >= 11 is 0. The molecule has 1 aliphatic rings. The minimum Gasteiger partial charge on any atom is -0.0654 e. The van der Waals surface area contributed by atoms with Gasteiger partial charge >= 0.3 is 0 Å². The maximum Gasteiger partial charge on any atom is -0.0337 e. The molecule has 0 radical (unpaired) electrons. The largest absolute Gasteiger partial charge is 0.0654 e. The van der Waals surface area contributed by atoms with Crippen molar-refractivity contribution in [3.63, 3.8) is 0 Å². The van der Waals surface area contributed by atoms with Gasteiger partial charge in [0.2, 0.25) is 0 Å². The molecule has 0 spiro atoms. The van der Waals surface area contributed by atoms with E-state index in [0.717, 1.165) is 17.8 Å². The van der Waals surface area contributed by atoms with E-state index in [1.165, 1.54) is 32.1 Å². The van der Waals surface area contributed by atoms with Crippen molar-refractivity contribution in [2.45, 2.75) is 66.7 Å². The van der Waals surface area contributed by atoms with Gasteiger partial charge < -0.3 is 0 Å². The first-order valence-electron chi connectivity index (χ1n) is 6.46. The number of hydrogen-bond acceptors (Lipinski definition) is 0. The second kappa shape index (κ2) is 4.68. The molecule has 0 aromatic heterocycles. The maximum absolute atomic E-state index is 2.50. The second-order valence-electron chi connectivity index (χ2n) is 6.31. The molecule has 0 heteroatoms. The van der Waals surface area contributed by atoms with Crippen molar-refractivity contribution in [1.29, 1.82) is 0 Å². The van der Waals surface area contributed by atoms with Crippen LogP contribution in [0.2, 0.25) is 0 Å². The first-order chi connectivity index (χ1) is 6.46. The third-order valence-corrected chi connectivity index (χ3v) is 4.24. The Kier molecular flexibility index (Phi) is 4.04. The van der Waals surface area contributed by atoms with Crippen molar-refractivity contribution >= 4 is 0 Å². The van der Waals surface area contributed by atoms with Crippen LogP contribution in [-0.2, 0) is 0 Å². The fourth-order valence-electron chi connectivity index (χ4n) is 3.45. The van der Waals surface area contributed by atoms with Crippen LogP contribution in [0.3, 0.4) is 0 Å². The molecule has 0 aromatic rings. The molecule has 0 bridgehead atoms. The van der Waals surface area contributed by atoms with Gasteiger partial charge in [0.25, 0.3) is 0 Å². The Morgan fingerprint density at radius 2 is 1.79 bits per heavy atom. The Balaban J connectivity index is 2.61. The lowest BCUT2D eigenvalue weighted by atomic mass is 9.62. The summed E-state index contributed by atoms with van der Waals surface area (Å²) in [5.74, 6) is 2.91. The molecule has 0 N–H and O–H groups in total. The summed E-state index contributed by atoms with van der Waals surface area (Å²) in [6, 6.07) is 0. The minimum absolute atomic E-state index is 0.520. The fourth-order valence-corrected chi connectivity index (χ4v) is 3.45. The van der Waals surface area contributed by atoms with Gasteiger partial charge in [-0.3, -0.25) is 0 Å². The predicted molar refractivity (Wildman–Crippen MR) is 64.4 cm³/mol. The highest BCUT2D eigenvalue weighted by Gasteiger charge is 2.36. The Labute approximate surface area is 90.5 Å². The van der Waals surface area contributed by atoms with Crippen LogP contribution < -0.4 is 0 Å². The molecular formula is C14H28. The zero-order valence-electron chi connectivity index (χ0n) is 10.8. The lowest BCUT2D eigenvalue weighted by Gasteiger charge is -2.43. The van der Waals surface area contributed by atoms with Crippen LogP contribution in [0.4, 0.5) is 0 Å². The highest BCUT2D eigenvalue weighted by Crippen LogP contribution is 2.45. The molecular weight excluding hydrogens is 168 g/mol. The van der Waals surface area contributed by atoms with Crippen LogP contribution >= 0.6 is 0 Å². The van der Waals surface area contributed by atoms with Gasteiger partial charge in [-0.05, 0) is 29.6 Å². The highest BCUT2D eigenvalue weighted by atomic mass is 14.4. The summed E-state index contributed by atoms with van der Waals surface area (Å²) in [6.45, 7) is 12.1. The van der Waals surface area contributed by atoms with E-state index in [1.807, 2.05) is 0 Å². The summed E-state index contributed by atoms with van der Waals surface area (Å²) in [6.07, 6.45) is 7.24. The van der Waals surface area contributed by atoms with Crippen LogP contribution in [-0.4, -0.2) is 0 Å². The van der Waals surface area contributed by atoms with Gasteiger partial charge in [0.1, 0.15) is 0 Å². The molecule has 3 atom stereocenters. The summed E-state index contributed by atoms with van der Waals surface area (Å²) in [4.78, 5) is 0. The first-order valence-corrected chi connectivity index (χ1v) is 6.46. The first kappa shape index (κ1) is 12.1. The lowest BCUT2D eigenvalue weighted by Crippen LogP contribution is -2.34. The van der Waals surface area contributed by atoms with E-state index in [9.17, 15) is 0 Å². The van der Waals surface area contributed by atoms with Gasteiger partial charge in [0.05, 0.1) is 0 Å². The van der Waals surface area contributed by atoms with Crippen molar-refractivity contribution in [3.8, 4) is 0 Å². The van der Waals surface area contributed by atoms with Crippen LogP contribution in [0.25, 0.3) is 0 Å². The molecule has 1 fully saturated rings. The maximum atomic E-state index is 2.50. The lowest BCUT2D eigenvalue weighted by molar-refractivity contribution is 0.0682. The summed E-state index contributed by atoms with van der Waals surface area (Å²) in [7, 11) is 0. The van der Waals surface area contributed by atoms with E-state index in [4.69, 9.17) is 0 Å². The molecule has 1 aliphatic carbocycles. The van der Waals surface area contributed by atoms with Crippen molar-refractivity contribution in [2.24, 2.45) is 23.2 Å². The van der Waals surface area contributed by atoms with E-state index in [0.29, 0.717) is 5.41 Å². The molecule has 0 aromatic carbocycles. The Morgan fingerprint density at radius 1 is 1.14 bits per heavy atom. The Bertz CT molecular complexity index is 161. The smallest absolute Gasteiger partial charge is 0.0337 e. The van der Waals surface area contributed by atoms with Crippen LogP contribution in [0, 0.1) is 23.2 Å². The van der Waals surface area contributed by atoms with Crippen molar-refractivity contribution < 1.29 is 0 Å². The average Bonchev–Trinajstić information content (AvgIpc) is 2.07. The zero-order chi connectivity index (χ0) is 10.8. The molecule has 1 saturated carbocycles. The van der Waals surface area contributed by atoms with Crippen molar-refractivity contribution in [3.05, 3.63) is 0 Å². The van der Waals surface area contributed by atoms with Crippen LogP contribution in [0.15, 0.2) is 0 Å². The fraction of sp³-hybridized carbons (Fsp3) is 1.00. The molecule has 3 unspecified atom stereocenters. The van der Waals surface area contributed by atoms with E-state index in [2.05, 4.69) is 34.6 Å². The van der Waals surface area contributed by atoms with Gasteiger partial charge in [-0.25, -0.2) is 0 Å². The van der Waals surface area contributed by atoms with E-state index < -0.39 is 0 Å². The molecule has 0 heterocycles. The second-order valence-corrected chi connectivity index (χ2v) is 6.31. The average molecular weight is 196 g/mol. The molecule has 1 rings (SSSR count). The summed E-state index contributed by atoms with van der Waals surface area (Å²) in [5.41, 5.74) is 0.520. The quantitative estimate of drug-likeness (QED) is 0.590. The van der Waals surface area contributed by atoms with E-state index in [1.54, 1.807) is 0 Å². The standard InChI is InChI=1S/C14H28/c1-6-8-12-9-7-10-13(11(12)2)14(3,4)5/h11-13H,6-10H2,1-5H3. The van der Waals surface area contributed by atoms with Gasteiger partial charge in [0, 0.05) is 0 Å². The van der Waals surface area contributed by atoms with Gasteiger partial charge in [0.15, 0.2) is 0 Å². The van der Waals surface area contributed by atoms with Gasteiger partial charge in [-0.2, -0.15) is 0 Å². The number of hydrogen-bond donors (Lipinski definition) is 0. The molecule has 14 heavy (non-hydrogen) atoms. The minimum atomic E-state index is 0.520. The monoisotopic (exact) mass is 196 g/mol. The van der Waals surface area contributed by atoms with E-state index >= 15 is 0 Å². The van der Waals surface area contributed by atoms with Crippen molar-refractivity contribution in [2.75, 3.05) is 0 Å². The SMILES string of the molecule is CCCC1CCCC(C(C)(C)C)C1C. The molecule has 0 amide bonds. The Hall–Kier alpha value is 0. The zero-order valence-corrected chi connectivity index (χ0v) is 10.8. The highest BCUT2D eigenvalue weighted by molar-refractivity contribution is 4.86. The normalized spacial score (nSPS) is 34.5. The third kappa shape index (κ3) is 2.74. The van der Waals surface area contributed by atoms with Gasteiger partial charge in [-0.1, -0.05) is 60.3 Å². The van der Waals surface area contributed by atoms with E-state index in [-0.39, 0.29) is 0 Å². The Morgan fingerprint density at radius 3 is 2.29 bits per heavy atom. The molecule has 0 saturated heterocycles. The van der Waals surface area contributed by atoms with Crippen molar-refractivity contribution in [1.82, 2.24) is 0 Å². The topological polar surface area (TPSA) is 0 Å². The summed E-state index contributed by atoms with van der Waals surface area (Å²) in [5, 5.41) is 0. The summed E-state index contributed by atoms with van der Waals surface area (Å²) < 4.78 is 0. The molecule has 0 nitrogen and oxygen atoms in total. The number of rotatable bonds is 2. The third-order valence-electron chi connectivity index (χ3n) is 4.24. The molecule has 84 valence electrons.